The molecule has 33 heavy (non-hydrogen) atoms. The van der Waals surface area contributed by atoms with Crippen LogP contribution in [0.5, 0.6) is 0 Å². The zero-order chi connectivity index (χ0) is 24.1. The Morgan fingerprint density at radius 1 is 1.33 bits per heavy atom. The van der Waals surface area contributed by atoms with Crippen LogP contribution in [-0.2, 0) is 25.7 Å². The zero-order valence-corrected chi connectivity index (χ0v) is 19.8. The summed E-state index contributed by atoms with van der Waals surface area (Å²) in [5.41, 5.74) is 2.70. The highest BCUT2D eigenvalue weighted by molar-refractivity contribution is 8.40. The summed E-state index contributed by atoms with van der Waals surface area (Å²) in [6, 6.07) is 8.12. The Morgan fingerprint density at radius 2 is 2.03 bits per heavy atom. The van der Waals surface area contributed by atoms with Crippen molar-refractivity contribution >= 4 is 51.5 Å². The third-order valence-corrected chi connectivity index (χ3v) is 7.23. The van der Waals surface area contributed by atoms with Gasteiger partial charge in [0.25, 0.3) is 5.91 Å². The number of nitrogens with zero attached hydrogens (tertiary/aromatic N) is 3. The van der Waals surface area contributed by atoms with Crippen LogP contribution in [0.15, 0.2) is 29.3 Å². The third-order valence-electron chi connectivity index (χ3n) is 4.92. The molecule has 8 nitrogen and oxygen atoms in total. The average molecular weight is 489 g/mol. The van der Waals surface area contributed by atoms with Gasteiger partial charge >= 0.3 is 5.97 Å². The fourth-order valence-corrected chi connectivity index (χ4v) is 5.04. The monoisotopic (exact) mass is 488 g/mol. The van der Waals surface area contributed by atoms with E-state index in [4.69, 9.17) is 4.74 Å². The van der Waals surface area contributed by atoms with Gasteiger partial charge in [-0.2, -0.15) is 10.3 Å². The summed E-state index contributed by atoms with van der Waals surface area (Å²) < 4.78 is 20.2. The molecule has 0 saturated heterocycles. The molecule has 0 aliphatic carbocycles. The summed E-state index contributed by atoms with van der Waals surface area (Å²) in [6.07, 6.45) is 0. The van der Waals surface area contributed by atoms with E-state index in [1.807, 2.05) is 6.92 Å². The maximum absolute atomic E-state index is 13.3. The number of nitrogens with one attached hydrogen (secondary N) is 1. The van der Waals surface area contributed by atoms with Gasteiger partial charge < -0.3 is 14.6 Å². The van der Waals surface area contributed by atoms with E-state index < -0.39 is 23.0 Å². The molecule has 1 atom stereocenters. The van der Waals surface area contributed by atoms with Crippen LogP contribution in [-0.4, -0.2) is 44.3 Å². The fraction of sp³-hybridized carbons (Fsp3) is 0.318. The first-order valence-corrected chi connectivity index (χ1v) is 11.8. The van der Waals surface area contributed by atoms with Crippen molar-refractivity contribution in [2.24, 2.45) is 4.99 Å². The van der Waals surface area contributed by atoms with Gasteiger partial charge in [0.05, 0.1) is 17.9 Å². The van der Waals surface area contributed by atoms with Crippen LogP contribution in [0, 0.1) is 31.0 Å². The maximum Gasteiger partial charge on any atom is 0.329 e. The molecule has 0 saturated carbocycles. The number of rotatable bonds is 7. The summed E-state index contributed by atoms with van der Waals surface area (Å²) in [7, 11) is 0. The van der Waals surface area contributed by atoms with Gasteiger partial charge in [-0.15, -0.1) is 0 Å². The summed E-state index contributed by atoms with van der Waals surface area (Å²) in [5.74, 6) is -1.72. The molecular formula is C22H21FN4O4S2. The van der Waals surface area contributed by atoms with E-state index in [0.717, 1.165) is 40.3 Å². The number of hydrogen-bond donors (Lipinski definition) is 1. The van der Waals surface area contributed by atoms with Gasteiger partial charge in [-0.05, 0) is 44.0 Å². The van der Waals surface area contributed by atoms with Gasteiger partial charge in [-0.3, -0.25) is 14.4 Å². The van der Waals surface area contributed by atoms with Crippen molar-refractivity contribution in [3.8, 4) is 6.07 Å². The second-order valence-electron chi connectivity index (χ2n) is 7.06. The molecular weight excluding hydrogens is 467 g/mol. The normalized spacial score (nSPS) is 15.2. The second kappa shape index (κ2) is 10.7. The van der Waals surface area contributed by atoms with Crippen LogP contribution in [0.4, 0.5) is 10.2 Å². The molecule has 2 amide bonds. The Labute approximate surface area is 198 Å². The Morgan fingerprint density at radius 3 is 2.67 bits per heavy atom. The summed E-state index contributed by atoms with van der Waals surface area (Å²) in [6.45, 7) is 5.79. The smallest absolute Gasteiger partial charge is 0.329 e. The molecule has 1 aliphatic heterocycles. The second-order valence-corrected chi connectivity index (χ2v) is 9.38. The van der Waals surface area contributed by atoms with Crippen LogP contribution >= 0.6 is 23.5 Å². The van der Waals surface area contributed by atoms with E-state index in [9.17, 15) is 24.0 Å². The molecule has 3 rings (SSSR count). The predicted molar refractivity (Wildman–Crippen MR) is 126 cm³/mol. The van der Waals surface area contributed by atoms with Gasteiger partial charge in [0.15, 0.2) is 5.25 Å². The van der Waals surface area contributed by atoms with Crippen LogP contribution in [0.3, 0.4) is 0 Å². The molecule has 1 aromatic heterocycles. The molecule has 0 spiro atoms. The molecule has 11 heteroatoms. The summed E-state index contributed by atoms with van der Waals surface area (Å²) >= 11 is 1.98. The molecule has 1 N–H and O–H groups in total. The van der Waals surface area contributed by atoms with Crippen molar-refractivity contribution in [2.75, 3.05) is 17.7 Å². The van der Waals surface area contributed by atoms with Crippen molar-refractivity contribution in [3.63, 3.8) is 0 Å². The highest BCUT2D eigenvalue weighted by atomic mass is 32.2. The number of thioether (sulfide) groups is 2. The average Bonchev–Trinajstić information content (AvgIpc) is 3.26. The van der Waals surface area contributed by atoms with Crippen molar-refractivity contribution in [2.45, 2.75) is 32.6 Å². The number of nitriles is 1. The van der Waals surface area contributed by atoms with Gasteiger partial charge in [0, 0.05) is 12.2 Å². The Balaban J connectivity index is 1.70. The largest absolute Gasteiger partial charge is 0.465 e. The van der Waals surface area contributed by atoms with E-state index in [1.54, 1.807) is 30.5 Å². The van der Waals surface area contributed by atoms with Crippen molar-refractivity contribution in [1.29, 1.82) is 5.26 Å². The highest BCUT2D eigenvalue weighted by Gasteiger charge is 2.36. The SMILES string of the molecule is CCOC(=O)[C@@H]1SC(SCC(=O)Nc2c(C#N)c(C)c(C)n2Cc2ccc(F)cc2)=NC1=O. The number of hydrogen-bond acceptors (Lipinski definition) is 7. The number of aliphatic imine (C=N–C) groups is 1. The van der Waals surface area contributed by atoms with Crippen LogP contribution in [0.1, 0.15) is 29.3 Å². The number of ether oxygens (including phenoxy) is 1. The first kappa shape index (κ1) is 24.5. The third kappa shape index (κ3) is 5.64. The number of esters is 1. The maximum atomic E-state index is 13.3. The van der Waals surface area contributed by atoms with E-state index in [0.29, 0.717) is 22.3 Å². The molecule has 2 aromatic rings. The lowest BCUT2D eigenvalue weighted by Crippen LogP contribution is -2.25. The number of halogens is 1. The van der Waals surface area contributed by atoms with Crippen molar-refractivity contribution < 1.29 is 23.5 Å². The first-order valence-electron chi connectivity index (χ1n) is 9.97. The molecule has 172 valence electrons. The Hall–Kier alpha value is -3.10. The summed E-state index contributed by atoms with van der Waals surface area (Å²) in [4.78, 5) is 40.2. The standard InChI is InChI=1S/C22H21FN4O4S2/c1-4-31-21(30)18-20(29)26-22(33-18)32-11-17(28)25-19-16(9-24)12(2)13(3)27(19)10-14-5-7-15(23)8-6-14/h5-8,18H,4,10-11H2,1-3H3,(H,25,28)/t18-/m1/s1. The topological polar surface area (TPSA) is 114 Å². The lowest BCUT2D eigenvalue weighted by atomic mass is 10.2. The van der Waals surface area contributed by atoms with Gasteiger partial charge in [0.1, 0.15) is 22.1 Å². The van der Waals surface area contributed by atoms with Crippen LogP contribution < -0.4 is 5.32 Å². The minimum atomic E-state index is -1.04. The molecule has 0 radical (unpaired) electrons. The highest BCUT2D eigenvalue weighted by Crippen LogP contribution is 2.31. The van der Waals surface area contributed by atoms with Crippen LogP contribution in [0.2, 0.25) is 0 Å². The summed E-state index contributed by atoms with van der Waals surface area (Å²) in [5, 5.41) is 11.4. The fourth-order valence-electron chi connectivity index (χ4n) is 3.16. The predicted octanol–water partition coefficient (Wildman–Crippen LogP) is 3.40. The first-order chi connectivity index (χ1) is 15.7. The lowest BCUT2D eigenvalue weighted by molar-refractivity contribution is -0.144. The number of amides is 2. The number of anilines is 1. The minimum absolute atomic E-state index is 0.0701. The quantitative estimate of drug-likeness (QED) is 0.469. The van der Waals surface area contributed by atoms with E-state index in [2.05, 4.69) is 16.4 Å². The molecule has 2 heterocycles. The van der Waals surface area contributed by atoms with Crippen molar-refractivity contribution in [1.82, 2.24) is 4.57 Å². The molecule has 1 aliphatic rings. The van der Waals surface area contributed by atoms with Gasteiger partial charge in [-0.25, -0.2) is 4.39 Å². The number of benzene rings is 1. The van der Waals surface area contributed by atoms with E-state index in [1.165, 1.54) is 12.1 Å². The van der Waals surface area contributed by atoms with E-state index >= 15 is 0 Å². The Bertz CT molecular complexity index is 1170. The van der Waals surface area contributed by atoms with Crippen LogP contribution in [0.25, 0.3) is 0 Å². The number of carbonyl (C=O) groups excluding carboxylic acids is 3. The van der Waals surface area contributed by atoms with Crippen molar-refractivity contribution in [3.05, 3.63) is 52.5 Å². The number of carbonyl (C=O) groups is 3. The van der Waals surface area contributed by atoms with Gasteiger partial charge in [-0.1, -0.05) is 35.7 Å². The Kier molecular flexibility index (Phi) is 7.94. The molecule has 1 aromatic carbocycles. The molecule has 0 fully saturated rings. The van der Waals surface area contributed by atoms with Gasteiger partial charge in [0.2, 0.25) is 5.91 Å². The minimum Gasteiger partial charge on any atom is -0.465 e. The zero-order valence-electron chi connectivity index (χ0n) is 18.2. The molecule has 0 unspecified atom stereocenters. The number of aromatic nitrogens is 1. The van der Waals surface area contributed by atoms with E-state index in [-0.39, 0.29) is 18.2 Å². The lowest BCUT2D eigenvalue weighted by Gasteiger charge is -2.13. The molecule has 0 bridgehead atoms.